The molecule has 39 heavy (non-hydrogen) atoms. The van der Waals surface area contributed by atoms with Crippen molar-refractivity contribution in [2.24, 2.45) is 10.1 Å². The number of benzene rings is 3. The van der Waals surface area contributed by atoms with Crippen molar-refractivity contribution in [1.82, 2.24) is 5.01 Å². The second kappa shape index (κ2) is 11.6. The highest BCUT2D eigenvalue weighted by molar-refractivity contribution is 8.15. The Balaban J connectivity index is 1.31. The molecule has 1 N–H and O–H groups in total. The van der Waals surface area contributed by atoms with E-state index in [2.05, 4.69) is 10.3 Å². The second-order valence-corrected chi connectivity index (χ2v) is 10.1. The summed E-state index contributed by atoms with van der Waals surface area (Å²) in [5, 5.41) is 9.37. The number of thioether (sulfide) groups is 1. The Morgan fingerprint density at radius 3 is 2.41 bits per heavy atom. The standard InChI is InChI=1S/C29H28N4O5S/c1-36-21-12-9-18(10-13-21)22-16-23(19-7-5-4-6-8-19)33(32-22)29-31-28(35)26(39-29)17-27(34)30-20-11-14-24(37-2)25(15-20)38-3/h4-15,23,26H,16-17H2,1-3H3,(H,30,34)/t23-,26-/m0/s1. The van der Waals surface area contributed by atoms with E-state index < -0.39 is 5.25 Å². The van der Waals surface area contributed by atoms with Gasteiger partial charge < -0.3 is 19.5 Å². The van der Waals surface area contributed by atoms with Crippen LogP contribution >= 0.6 is 11.8 Å². The Morgan fingerprint density at radius 2 is 1.72 bits per heavy atom. The highest BCUT2D eigenvalue weighted by atomic mass is 32.2. The number of hydrogen-bond acceptors (Lipinski definition) is 8. The molecule has 200 valence electrons. The Labute approximate surface area is 230 Å². The Bertz CT molecular complexity index is 1430. The van der Waals surface area contributed by atoms with Crippen molar-refractivity contribution < 1.29 is 23.8 Å². The van der Waals surface area contributed by atoms with Crippen molar-refractivity contribution in [3.8, 4) is 17.2 Å². The van der Waals surface area contributed by atoms with E-state index in [1.807, 2.05) is 59.6 Å². The Morgan fingerprint density at radius 1 is 0.974 bits per heavy atom. The van der Waals surface area contributed by atoms with Crippen LogP contribution in [0.4, 0.5) is 5.69 Å². The first-order chi connectivity index (χ1) is 19.0. The fourth-order valence-electron chi connectivity index (χ4n) is 4.48. The highest BCUT2D eigenvalue weighted by Crippen LogP contribution is 2.39. The molecule has 2 aliphatic heterocycles. The predicted octanol–water partition coefficient (Wildman–Crippen LogP) is 4.89. The Kier molecular flexibility index (Phi) is 7.83. The van der Waals surface area contributed by atoms with Crippen LogP contribution in [0.1, 0.15) is 30.0 Å². The van der Waals surface area contributed by atoms with E-state index in [-0.39, 0.29) is 24.3 Å². The number of nitrogens with one attached hydrogen (secondary N) is 1. The molecule has 0 saturated heterocycles. The molecule has 10 heteroatoms. The molecule has 2 atom stereocenters. The molecule has 0 fully saturated rings. The van der Waals surface area contributed by atoms with Crippen LogP contribution in [0.5, 0.6) is 17.2 Å². The number of anilines is 1. The van der Waals surface area contributed by atoms with Crippen molar-refractivity contribution in [1.29, 1.82) is 0 Å². The summed E-state index contributed by atoms with van der Waals surface area (Å²) >= 11 is 1.26. The molecule has 0 saturated carbocycles. The minimum atomic E-state index is -0.642. The molecule has 2 heterocycles. The fraction of sp³-hybridized carbons (Fsp3) is 0.241. The predicted molar refractivity (Wildman–Crippen MR) is 152 cm³/mol. The number of nitrogens with zero attached hydrogens (tertiary/aromatic N) is 3. The molecule has 0 unspecified atom stereocenters. The molecule has 3 aromatic carbocycles. The molecular formula is C29H28N4O5S. The maximum Gasteiger partial charge on any atom is 0.262 e. The van der Waals surface area contributed by atoms with Crippen molar-refractivity contribution in [3.63, 3.8) is 0 Å². The van der Waals surface area contributed by atoms with Crippen molar-refractivity contribution in [2.45, 2.75) is 24.1 Å². The molecule has 2 aliphatic rings. The maximum absolute atomic E-state index is 12.9. The molecule has 0 aromatic heterocycles. The zero-order chi connectivity index (χ0) is 27.4. The number of rotatable bonds is 8. The first-order valence-electron chi connectivity index (χ1n) is 12.4. The number of amides is 2. The molecule has 0 spiro atoms. The number of methoxy groups -OCH3 is 3. The molecular weight excluding hydrogens is 516 g/mol. The van der Waals surface area contributed by atoms with E-state index in [1.165, 1.54) is 18.9 Å². The summed E-state index contributed by atoms with van der Waals surface area (Å²) < 4.78 is 15.8. The van der Waals surface area contributed by atoms with Crippen molar-refractivity contribution >= 4 is 40.1 Å². The smallest absolute Gasteiger partial charge is 0.262 e. The van der Waals surface area contributed by atoms with E-state index >= 15 is 0 Å². The van der Waals surface area contributed by atoms with Crippen molar-refractivity contribution in [2.75, 3.05) is 26.6 Å². The molecule has 3 aromatic rings. The van der Waals surface area contributed by atoms with Crippen LogP contribution in [-0.4, -0.2) is 54.3 Å². The summed E-state index contributed by atoms with van der Waals surface area (Å²) in [5.74, 6) is 1.18. The second-order valence-electron chi connectivity index (χ2n) is 8.91. The molecule has 9 nitrogen and oxygen atoms in total. The van der Waals surface area contributed by atoms with Gasteiger partial charge in [0.25, 0.3) is 5.91 Å². The normalized spacial score (nSPS) is 18.4. The average molecular weight is 545 g/mol. The van der Waals surface area contributed by atoms with Crippen LogP contribution < -0.4 is 19.5 Å². The van der Waals surface area contributed by atoms with Gasteiger partial charge in [-0.25, -0.2) is 5.01 Å². The van der Waals surface area contributed by atoms with Gasteiger partial charge in [-0.15, -0.1) is 0 Å². The fourth-order valence-corrected chi connectivity index (χ4v) is 5.54. The zero-order valence-electron chi connectivity index (χ0n) is 21.8. The SMILES string of the molecule is COc1ccc(C2=NN(C3=NC(=O)[C@H](CC(=O)Nc4ccc(OC)c(OC)c4)S3)[C@H](c3ccccc3)C2)cc1. The van der Waals surface area contributed by atoms with Gasteiger partial charge in [-0.1, -0.05) is 42.1 Å². The summed E-state index contributed by atoms with van der Waals surface area (Å²) in [6, 6.07) is 22.7. The lowest BCUT2D eigenvalue weighted by Gasteiger charge is -2.23. The highest BCUT2D eigenvalue weighted by Gasteiger charge is 2.39. The van der Waals surface area contributed by atoms with E-state index in [1.54, 1.807) is 32.4 Å². The first-order valence-corrected chi connectivity index (χ1v) is 13.2. The van der Waals surface area contributed by atoms with Gasteiger partial charge in [0, 0.05) is 24.6 Å². The van der Waals surface area contributed by atoms with Crippen LogP contribution in [0, 0.1) is 0 Å². The largest absolute Gasteiger partial charge is 0.497 e. The summed E-state index contributed by atoms with van der Waals surface area (Å²) in [4.78, 5) is 30.0. The number of carbonyl (C=O) groups excluding carboxylic acids is 2. The summed E-state index contributed by atoms with van der Waals surface area (Å²) in [6.07, 6.45) is 0.623. The van der Waals surface area contributed by atoms with E-state index in [0.29, 0.717) is 28.8 Å². The number of hydrogen-bond donors (Lipinski definition) is 1. The van der Waals surface area contributed by atoms with Crippen LogP contribution in [-0.2, 0) is 9.59 Å². The van der Waals surface area contributed by atoms with Gasteiger partial charge >= 0.3 is 0 Å². The topological polar surface area (TPSA) is 102 Å². The summed E-state index contributed by atoms with van der Waals surface area (Å²) in [6.45, 7) is 0. The van der Waals surface area contributed by atoms with E-state index in [9.17, 15) is 9.59 Å². The lowest BCUT2D eigenvalue weighted by atomic mass is 9.98. The van der Waals surface area contributed by atoms with Gasteiger partial charge in [0.05, 0.1) is 33.1 Å². The third-order valence-corrected chi connectivity index (χ3v) is 7.62. The van der Waals surface area contributed by atoms with Crippen LogP contribution in [0.15, 0.2) is 82.9 Å². The molecule has 0 bridgehead atoms. The van der Waals surface area contributed by atoms with Gasteiger partial charge in [0.1, 0.15) is 11.0 Å². The van der Waals surface area contributed by atoms with Gasteiger partial charge in [0.2, 0.25) is 5.91 Å². The lowest BCUT2D eigenvalue weighted by molar-refractivity contribution is -0.121. The number of aliphatic imine (C=N–C) groups is 1. The third-order valence-electron chi connectivity index (χ3n) is 6.48. The van der Waals surface area contributed by atoms with Gasteiger partial charge in [-0.3, -0.25) is 9.59 Å². The summed E-state index contributed by atoms with van der Waals surface area (Å²) in [5.41, 5.74) is 3.47. The minimum Gasteiger partial charge on any atom is -0.497 e. The maximum atomic E-state index is 12.9. The Hall–Kier alpha value is -4.31. The monoisotopic (exact) mass is 544 g/mol. The molecule has 2 amide bonds. The number of carbonyl (C=O) groups is 2. The third kappa shape index (κ3) is 5.75. The van der Waals surface area contributed by atoms with Gasteiger partial charge in [0.15, 0.2) is 16.7 Å². The van der Waals surface area contributed by atoms with E-state index in [4.69, 9.17) is 19.3 Å². The van der Waals surface area contributed by atoms with Crippen LogP contribution in [0.2, 0.25) is 0 Å². The molecule has 0 aliphatic carbocycles. The van der Waals surface area contributed by atoms with Crippen molar-refractivity contribution in [3.05, 3.63) is 83.9 Å². The van der Waals surface area contributed by atoms with Gasteiger partial charge in [-0.2, -0.15) is 10.1 Å². The lowest BCUT2D eigenvalue weighted by Crippen LogP contribution is -2.25. The molecule has 0 radical (unpaired) electrons. The number of amidine groups is 1. The van der Waals surface area contributed by atoms with Crippen LogP contribution in [0.25, 0.3) is 0 Å². The van der Waals surface area contributed by atoms with Crippen LogP contribution in [0.3, 0.4) is 0 Å². The molecule has 5 rings (SSSR count). The minimum absolute atomic E-state index is 0.0241. The number of ether oxygens (including phenoxy) is 3. The van der Waals surface area contributed by atoms with Gasteiger partial charge in [-0.05, 0) is 47.5 Å². The number of hydrazone groups is 1. The van der Waals surface area contributed by atoms with E-state index in [0.717, 1.165) is 22.6 Å². The first kappa shape index (κ1) is 26.3. The quantitative estimate of drug-likeness (QED) is 0.431. The zero-order valence-corrected chi connectivity index (χ0v) is 22.6. The summed E-state index contributed by atoms with van der Waals surface area (Å²) in [7, 11) is 4.70. The average Bonchev–Trinajstić information content (AvgIpc) is 3.57.